The van der Waals surface area contributed by atoms with E-state index >= 15 is 0 Å². The Kier molecular flexibility index (Phi) is 8.92. The number of hydrogen-bond acceptors (Lipinski definition) is 3. The van der Waals surface area contributed by atoms with Crippen molar-refractivity contribution in [3.8, 4) is 50.7 Å². The predicted octanol–water partition coefficient (Wildman–Crippen LogP) is 14.0. The minimum Gasteiger partial charge on any atom is -0.461 e. The third kappa shape index (κ3) is 7.38. The van der Waals surface area contributed by atoms with Crippen LogP contribution in [0.15, 0.2) is 138 Å². The Morgan fingerprint density at radius 3 is 1.96 bits per heavy atom. The molecule has 8 rings (SSSR count). The van der Waals surface area contributed by atoms with Crippen molar-refractivity contribution < 1.29 is 4.42 Å². The van der Waals surface area contributed by atoms with Crippen molar-refractivity contribution in [2.45, 2.75) is 79.6 Å². The number of aromatic nitrogens is 3. The van der Waals surface area contributed by atoms with Crippen LogP contribution in [0.3, 0.4) is 0 Å². The van der Waals surface area contributed by atoms with Crippen molar-refractivity contribution in [3.05, 3.63) is 150 Å². The van der Waals surface area contributed by atoms with Crippen molar-refractivity contribution in [3.63, 3.8) is 0 Å². The summed E-state index contributed by atoms with van der Waals surface area (Å²) in [5.41, 5.74) is 13.2. The van der Waals surface area contributed by atoms with Gasteiger partial charge in [0.25, 0.3) is 0 Å². The standard InChI is InChI=1S/C51H51N3O/c1-49(2,3)32-41-21-24-47(55-41)34-19-17-33(18-20-34)35-25-26-52-45(30-35)37-27-36(28-39(29-37)51(7,8)9)44-23-22-43-42-15-10-11-16-46(42)54(48(43)53-44)40-14-12-13-38(31-40)50(4,5)6/h10-31H,32H2,1-9H3. The molecule has 0 radical (unpaired) electrons. The first kappa shape index (κ1) is 36.2. The molecule has 4 nitrogen and oxygen atoms in total. The van der Waals surface area contributed by atoms with E-state index in [1.165, 1.54) is 16.5 Å². The normalized spacial score (nSPS) is 12.5. The van der Waals surface area contributed by atoms with E-state index in [0.29, 0.717) is 0 Å². The molecule has 4 heteroatoms. The van der Waals surface area contributed by atoms with E-state index in [1.54, 1.807) is 0 Å². The van der Waals surface area contributed by atoms with Gasteiger partial charge in [0, 0.05) is 45.8 Å². The molecule has 0 amide bonds. The van der Waals surface area contributed by atoms with Crippen LogP contribution in [0, 0.1) is 5.41 Å². The van der Waals surface area contributed by atoms with Crippen LogP contribution in [0.1, 0.15) is 79.2 Å². The van der Waals surface area contributed by atoms with Crippen molar-refractivity contribution in [1.29, 1.82) is 0 Å². The summed E-state index contributed by atoms with van der Waals surface area (Å²) < 4.78 is 8.55. The van der Waals surface area contributed by atoms with E-state index in [9.17, 15) is 0 Å². The topological polar surface area (TPSA) is 43.9 Å². The molecule has 4 aromatic carbocycles. The monoisotopic (exact) mass is 721 g/mol. The van der Waals surface area contributed by atoms with Gasteiger partial charge in [-0.05, 0) is 111 Å². The second kappa shape index (κ2) is 13.5. The van der Waals surface area contributed by atoms with Crippen molar-refractivity contribution in [2.75, 3.05) is 0 Å². The molecule has 0 aliphatic rings. The molecule has 0 saturated carbocycles. The fourth-order valence-corrected chi connectivity index (χ4v) is 7.48. The van der Waals surface area contributed by atoms with Gasteiger partial charge in [0.15, 0.2) is 0 Å². The molecule has 0 atom stereocenters. The molecule has 55 heavy (non-hydrogen) atoms. The van der Waals surface area contributed by atoms with Crippen molar-refractivity contribution >= 4 is 21.9 Å². The molecule has 0 fully saturated rings. The van der Waals surface area contributed by atoms with Gasteiger partial charge in [0.1, 0.15) is 17.2 Å². The zero-order valence-corrected chi connectivity index (χ0v) is 33.7. The molecular formula is C51H51N3O. The maximum Gasteiger partial charge on any atom is 0.146 e. The summed E-state index contributed by atoms with van der Waals surface area (Å²) in [6.45, 7) is 20.3. The predicted molar refractivity (Wildman–Crippen MR) is 231 cm³/mol. The summed E-state index contributed by atoms with van der Waals surface area (Å²) in [7, 11) is 0. The highest BCUT2D eigenvalue weighted by Crippen LogP contribution is 2.38. The Hall–Kier alpha value is -5.74. The number of para-hydroxylation sites is 1. The molecule has 0 N–H and O–H groups in total. The van der Waals surface area contributed by atoms with Gasteiger partial charge in [-0.25, -0.2) is 4.98 Å². The maximum atomic E-state index is 6.22. The molecule has 0 bridgehead atoms. The first-order valence-electron chi connectivity index (χ1n) is 19.4. The summed E-state index contributed by atoms with van der Waals surface area (Å²) >= 11 is 0. The Morgan fingerprint density at radius 2 is 1.24 bits per heavy atom. The zero-order valence-electron chi connectivity index (χ0n) is 33.7. The van der Waals surface area contributed by atoms with E-state index in [-0.39, 0.29) is 16.2 Å². The Bertz CT molecular complexity index is 2670. The van der Waals surface area contributed by atoms with E-state index < -0.39 is 0 Å². The second-order valence-electron chi connectivity index (χ2n) is 18.3. The van der Waals surface area contributed by atoms with Gasteiger partial charge in [-0.3, -0.25) is 9.55 Å². The molecule has 276 valence electrons. The Balaban J connectivity index is 1.19. The SMILES string of the molecule is CC(C)(C)Cc1ccc(-c2ccc(-c3ccnc(-c4cc(-c5ccc6c7ccccc7n(-c7cccc(C(C)(C)C)c7)c6n5)cc(C(C)(C)C)c4)c3)cc2)o1. The minimum atomic E-state index is -0.0802. The number of benzene rings is 4. The van der Waals surface area contributed by atoms with Gasteiger partial charge < -0.3 is 4.42 Å². The lowest BCUT2D eigenvalue weighted by atomic mass is 9.84. The van der Waals surface area contributed by atoms with Gasteiger partial charge in [0.05, 0.1) is 16.9 Å². The maximum absolute atomic E-state index is 6.22. The fraction of sp³-hybridized carbons (Fsp3) is 0.255. The van der Waals surface area contributed by atoms with Crippen LogP contribution >= 0.6 is 0 Å². The third-order valence-electron chi connectivity index (χ3n) is 10.5. The van der Waals surface area contributed by atoms with Gasteiger partial charge >= 0.3 is 0 Å². The lowest BCUT2D eigenvalue weighted by Crippen LogP contribution is -2.11. The van der Waals surface area contributed by atoms with Gasteiger partial charge in [-0.15, -0.1) is 0 Å². The largest absolute Gasteiger partial charge is 0.461 e. The minimum absolute atomic E-state index is 0.0300. The lowest BCUT2D eigenvalue weighted by molar-refractivity contribution is 0.366. The summed E-state index contributed by atoms with van der Waals surface area (Å²) in [6.07, 6.45) is 2.83. The van der Waals surface area contributed by atoms with Crippen LogP contribution in [0.5, 0.6) is 0 Å². The van der Waals surface area contributed by atoms with Crippen molar-refractivity contribution in [1.82, 2.24) is 14.5 Å². The fourth-order valence-electron chi connectivity index (χ4n) is 7.48. The van der Waals surface area contributed by atoms with E-state index in [4.69, 9.17) is 14.4 Å². The Morgan fingerprint density at radius 1 is 0.527 bits per heavy atom. The number of furan rings is 1. The second-order valence-corrected chi connectivity index (χ2v) is 18.3. The summed E-state index contributed by atoms with van der Waals surface area (Å²) in [5, 5.41) is 2.34. The lowest BCUT2D eigenvalue weighted by Gasteiger charge is -2.21. The van der Waals surface area contributed by atoms with Gasteiger partial charge in [-0.1, -0.05) is 117 Å². The number of fused-ring (bicyclic) bond motifs is 3. The highest BCUT2D eigenvalue weighted by Gasteiger charge is 2.21. The van der Waals surface area contributed by atoms with Crippen LogP contribution in [-0.4, -0.2) is 14.5 Å². The molecule has 0 aliphatic heterocycles. The van der Waals surface area contributed by atoms with Crippen LogP contribution < -0.4 is 0 Å². The van der Waals surface area contributed by atoms with E-state index in [1.807, 2.05) is 6.20 Å². The number of nitrogens with zero attached hydrogens (tertiary/aromatic N) is 3. The number of rotatable bonds is 6. The number of pyridine rings is 2. The molecular weight excluding hydrogens is 671 g/mol. The average molecular weight is 722 g/mol. The third-order valence-corrected chi connectivity index (χ3v) is 10.5. The van der Waals surface area contributed by atoms with Crippen LogP contribution in [0.2, 0.25) is 0 Å². The molecule has 4 heterocycles. The molecule has 0 saturated heterocycles. The Labute approximate surface area is 325 Å². The summed E-state index contributed by atoms with van der Waals surface area (Å²) in [4.78, 5) is 10.4. The average Bonchev–Trinajstić information content (AvgIpc) is 3.75. The summed E-state index contributed by atoms with van der Waals surface area (Å²) in [6, 6.07) is 45.9. The van der Waals surface area contributed by atoms with Crippen LogP contribution in [0.25, 0.3) is 72.6 Å². The molecule has 4 aromatic heterocycles. The molecule has 8 aromatic rings. The first-order chi connectivity index (χ1) is 26.1. The first-order valence-corrected chi connectivity index (χ1v) is 19.4. The van der Waals surface area contributed by atoms with Gasteiger partial charge in [0.2, 0.25) is 0 Å². The molecule has 0 spiro atoms. The highest BCUT2D eigenvalue weighted by atomic mass is 16.3. The highest BCUT2D eigenvalue weighted by molar-refractivity contribution is 6.08. The quantitative estimate of drug-likeness (QED) is 0.172. The zero-order chi connectivity index (χ0) is 38.7. The number of hydrogen-bond donors (Lipinski definition) is 0. The summed E-state index contributed by atoms with van der Waals surface area (Å²) in [5.74, 6) is 1.92. The van der Waals surface area contributed by atoms with E-state index in [0.717, 1.165) is 79.4 Å². The van der Waals surface area contributed by atoms with E-state index in [2.05, 4.69) is 194 Å². The van der Waals surface area contributed by atoms with Crippen LogP contribution in [0.4, 0.5) is 0 Å². The van der Waals surface area contributed by atoms with Crippen molar-refractivity contribution in [2.24, 2.45) is 5.41 Å². The van der Waals surface area contributed by atoms with Crippen LogP contribution in [-0.2, 0) is 17.3 Å². The molecule has 0 aliphatic carbocycles. The van der Waals surface area contributed by atoms with Gasteiger partial charge in [-0.2, -0.15) is 0 Å². The smallest absolute Gasteiger partial charge is 0.146 e. The molecule has 0 unspecified atom stereocenters.